The molecule has 0 aromatic carbocycles. The molecule has 0 atom stereocenters. The van der Waals surface area contributed by atoms with E-state index < -0.39 is 0 Å². The number of nitrogens with zero attached hydrogens (tertiary/aromatic N) is 4. The normalized spacial score (nSPS) is 20.7. The fourth-order valence-electron chi connectivity index (χ4n) is 5.86. The monoisotopic (exact) mass is 471 g/mol. The SMILES string of the molecule is c1cc(N2CCCCC2)nc(NCCN(CCNC2CCCCC2)CCNC2CCCCC2)n1. The Bertz CT molecular complexity index is 643. The molecule has 0 amide bonds. The summed E-state index contributed by atoms with van der Waals surface area (Å²) in [6, 6.07) is 3.52. The van der Waals surface area contributed by atoms with E-state index in [9.17, 15) is 0 Å². The number of piperidine rings is 1. The first-order valence-electron chi connectivity index (χ1n) is 14.4. The lowest BCUT2D eigenvalue weighted by atomic mass is 9.95. The number of rotatable bonds is 13. The summed E-state index contributed by atoms with van der Waals surface area (Å²) in [5.41, 5.74) is 0. The molecule has 34 heavy (non-hydrogen) atoms. The molecule has 3 aliphatic rings. The van der Waals surface area contributed by atoms with Crippen LogP contribution in [0, 0.1) is 0 Å². The molecule has 192 valence electrons. The van der Waals surface area contributed by atoms with Crippen LogP contribution in [0.15, 0.2) is 12.3 Å². The molecule has 0 bridgehead atoms. The maximum absolute atomic E-state index is 4.80. The summed E-state index contributed by atoms with van der Waals surface area (Å²) < 4.78 is 0. The predicted molar refractivity (Wildman–Crippen MR) is 143 cm³/mol. The minimum absolute atomic E-state index is 0.736. The number of aromatic nitrogens is 2. The third-order valence-corrected chi connectivity index (χ3v) is 7.96. The van der Waals surface area contributed by atoms with Gasteiger partial charge in [-0.3, -0.25) is 4.90 Å². The lowest BCUT2D eigenvalue weighted by molar-refractivity contribution is 0.259. The van der Waals surface area contributed by atoms with Gasteiger partial charge in [0.15, 0.2) is 0 Å². The maximum Gasteiger partial charge on any atom is 0.224 e. The van der Waals surface area contributed by atoms with Crippen molar-refractivity contribution in [3.05, 3.63) is 12.3 Å². The van der Waals surface area contributed by atoms with Crippen molar-refractivity contribution in [3.8, 4) is 0 Å². The topological polar surface area (TPSA) is 68.4 Å². The molecule has 3 fully saturated rings. The van der Waals surface area contributed by atoms with Crippen molar-refractivity contribution in [2.24, 2.45) is 0 Å². The molecule has 1 aliphatic heterocycles. The van der Waals surface area contributed by atoms with Gasteiger partial charge in [0.05, 0.1) is 0 Å². The van der Waals surface area contributed by atoms with Crippen LogP contribution in [0.1, 0.15) is 83.5 Å². The van der Waals surface area contributed by atoms with Crippen LogP contribution in [0.4, 0.5) is 11.8 Å². The Hall–Kier alpha value is -1.44. The minimum Gasteiger partial charge on any atom is -0.356 e. The van der Waals surface area contributed by atoms with Crippen LogP contribution in [0.3, 0.4) is 0 Å². The molecular weight excluding hydrogens is 422 g/mol. The number of nitrogens with one attached hydrogen (secondary N) is 3. The standard InChI is InChI=1S/C27H49N7/c1-4-10-24(11-5-1)28-16-21-33(22-17-29-25-12-6-2-7-13-25)23-18-31-27-30-15-14-26(32-27)34-19-8-3-9-20-34/h14-15,24-25,28-29H,1-13,16-23H2,(H,30,31,32). The molecule has 3 N–H and O–H groups in total. The largest absolute Gasteiger partial charge is 0.356 e. The second-order valence-electron chi connectivity index (χ2n) is 10.6. The van der Waals surface area contributed by atoms with Crippen molar-refractivity contribution < 1.29 is 0 Å². The van der Waals surface area contributed by atoms with Crippen LogP contribution in [0.5, 0.6) is 0 Å². The van der Waals surface area contributed by atoms with Crippen molar-refractivity contribution in [2.45, 2.75) is 95.6 Å². The molecule has 0 radical (unpaired) electrons. The maximum atomic E-state index is 4.80. The first-order valence-corrected chi connectivity index (χ1v) is 14.4. The van der Waals surface area contributed by atoms with Gasteiger partial charge >= 0.3 is 0 Å². The molecular formula is C27H49N7. The Morgan fingerprint density at radius 3 is 1.91 bits per heavy atom. The van der Waals surface area contributed by atoms with Crippen molar-refractivity contribution >= 4 is 11.8 Å². The van der Waals surface area contributed by atoms with E-state index in [1.165, 1.54) is 83.5 Å². The highest BCUT2D eigenvalue weighted by Gasteiger charge is 2.16. The second kappa shape index (κ2) is 14.8. The molecule has 7 heteroatoms. The number of hydrogen-bond acceptors (Lipinski definition) is 7. The lowest BCUT2D eigenvalue weighted by Gasteiger charge is -2.28. The Balaban J connectivity index is 1.21. The third kappa shape index (κ3) is 8.97. The molecule has 0 spiro atoms. The van der Waals surface area contributed by atoms with E-state index in [0.717, 1.165) is 76.2 Å². The third-order valence-electron chi connectivity index (χ3n) is 7.96. The summed E-state index contributed by atoms with van der Waals surface area (Å²) in [5, 5.41) is 11.2. The summed E-state index contributed by atoms with van der Waals surface area (Å²) >= 11 is 0. The van der Waals surface area contributed by atoms with Crippen LogP contribution in [-0.2, 0) is 0 Å². The summed E-state index contributed by atoms with van der Waals surface area (Å²) in [4.78, 5) is 14.3. The first kappa shape index (κ1) is 25.6. The van der Waals surface area contributed by atoms with E-state index in [0.29, 0.717) is 0 Å². The van der Waals surface area contributed by atoms with Gasteiger partial charge in [-0.2, -0.15) is 4.98 Å². The fraction of sp³-hybridized carbons (Fsp3) is 0.852. The van der Waals surface area contributed by atoms with Gasteiger partial charge in [-0.15, -0.1) is 0 Å². The Morgan fingerprint density at radius 1 is 0.735 bits per heavy atom. The highest BCUT2D eigenvalue weighted by molar-refractivity contribution is 5.42. The summed E-state index contributed by atoms with van der Waals surface area (Å²) in [6.45, 7) is 8.55. The quantitative estimate of drug-likeness (QED) is 0.401. The van der Waals surface area contributed by atoms with Gasteiger partial charge in [-0.25, -0.2) is 4.98 Å². The zero-order valence-corrected chi connectivity index (χ0v) is 21.4. The second-order valence-corrected chi connectivity index (χ2v) is 10.6. The van der Waals surface area contributed by atoms with E-state index >= 15 is 0 Å². The highest BCUT2D eigenvalue weighted by atomic mass is 15.2. The number of anilines is 2. The van der Waals surface area contributed by atoms with Crippen LogP contribution >= 0.6 is 0 Å². The Morgan fingerprint density at radius 2 is 1.29 bits per heavy atom. The molecule has 0 unspecified atom stereocenters. The zero-order chi connectivity index (χ0) is 23.3. The molecule has 2 heterocycles. The molecule has 1 saturated heterocycles. The van der Waals surface area contributed by atoms with E-state index in [4.69, 9.17) is 4.98 Å². The van der Waals surface area contributed by atoms with Gasteiger partial charge in [0.2, 0.25) is 5.95 Å². The molecule has 4 rings (SSSR count). The summed E-state index contributed by atoms with van der Waals surface area (Å²) in [6.07, 6.45) is 19.6. The van der Waals surface area contributed by atoms with Crippen LogP contribution < -0.4 is 20.9 Å². The Labute approximate surface area is 207 Å². The zero-order valence-electron chi connectivity index (χ0n) is 21.4. The van der Waals surface area contributed by atoms with Gasteiger partial charge < -0.3 is 20.9 Å². The van der Waals surface area contributed by atoms with E-state index in [1.807, 2.05) is 6.20 Å². The average Bonchev–Trinajstić information content (AvgIpc) is 2.90. The van der Waals surface area contributed by atoms with Crippen LogP contribution in [0.25, 0.3) is 0 Å². The molecule has 1 aromatic heterocycles. The van der Waals surface area contributed by atoms with Crippen molar-refractivity contribution in [3.63, 3.8) is 0 Å². The van der Waals surface area contributed by atoms with Gasteiger partial charge in [-0.1, -0.05) is 38.5 Å². The van der Waals surface area contributed by atoms with E-state index in [1.54, 1.807) is 0 Å². The fourth-order valence-corrected chi connectivity index (χ4v) is 5.86. The predicted octanol–water partition coefficient (Wildman–Crippen LogP) is 4.03. The molecule has 2 saturated carbocycles. The lowest BCUT2D eigenvalue weighted by Crippen LogP contribution is -2.43. The molecule has 7 nitrogen and oxygen atoms in total. The summed E-state index contributed by atoms with van der Waals surface area (Å²) in [5.74, 6) is 1.84. The smallest absolute Gasteiger partial charge is 0.224 e. The first-order chi connectivity index (χ1) is 16.9. The summed E-state index contributed by atoms with van der Waals surface area (Å²) in [7, 11) is 0. The molecule has 2 aliphatic carbocycles. The van der Waals surface area contributed by atoms with Crippen molar-refractivity contribution in [1.29, 1.82) is 0 Å². The average molecular weight is 472 g/mol. The van der Waals surface area contributed by atoms with Crippen molar-refractivity contribution in [2.75, 3.05) is 62.6 Å². The highest BCUT2D eigenvalue weighted by Crippen LogP contribution is 2.19. The van der Waals surface area contributed by atoms with Crippen molar-refractivity contribution in [1.82, 2.24) is 25.5 Å². The van der Waals surface area contributed by atoms with Gasteiger partial charge in [0, 0.05) is 70.6 Å². The van der Waals surface area contributed by atoms with Gasteiger partial charge in [-0.05, 0) is 51.0 Å². The van der Waals surface area contributed by atoms with Gasteiger partial charge in [0.25, 0.3) is 0 Å². The van der Waals surface area contributed by atoms with E-state index in [2.05, 4.69) is 36.8 Å². The van der Waals surface area contributed by atoms with Gasteiger partial charge in [0.1, 0.15) is 5.82 Å². The molecule has 1 aromatic rings. The van der Waals surface area contributed by atoms with Crippen LogP contribution in [-0.4, -0.2) is 79.3 Å². The van der Waals surface area contributed by atoms with E-state index in [-0.39, 0.29) is 0 Å². The number of hydrogen-bond donors (Lipinski definition) is 3. The van der Waals surface area contributed by atoms with Crippen LogP contribution in [0.2, 0.25) is 0 Å². The Kier molecular flexibility index (Phi) is 11.2. The minimum atomic E-state index is 0.736.